The number of aryl methyl sites for hydroxylation is 1. The minimum Gasteiger partial charge on any atom is -0.496 e. The molecule has 3 aliphatic carbocycles. The fourth-order valence-corrected chi connectivity index (χ4v) is 12.7. The zero-order valence-corrected chi connectivity index (χ0v) is 43.9. The van der Waals surface area contributed by atoms with Gasteiger partial charge in [0.2, 0.25) is 27.7 Å². The number of methoxy groups -OCH3 is 1. The number of carbonyl (C=O) groups excluding carboxylic acids is 5. The Morgan fingerprint density at radius 1 is 0.945 bits per heavy atom. The lowest BCUT2D eigenvalue weighted by Crippen LogP contribution is -2.58. The highest BCUT2D eigenvalue weighted by molar-refractivity contribution is 7.91. The first-order chi connectivity index (χ1) is 35.0. The summed E-state index contributed by atoms with van der Waals surface area (Å²) >= 11 is 1.49. The summed E-state index contributed by atoms with van der Waals surface area (Å²) in [7, 11) is -2.43. The molecule has 19 heteroatoms. The van der Waals surface area contributed by atoms with Crippen LogP contribution in [0, 0.1) is 18.8 Å². The molecule has 5 amide bonds. The Bertz CT molecular complexity index is 2980. The first kappa shape index (κ1) is 50.5. The molecule has 2 aromatic carbocycles. The monoisotopic (exact) mass is 1030 g/mol. The quantitative estimate of drug-likeness (QED) is 0.127. The van der Waals surface area contributed by atoms with Gasteiger partial charge in [0.25, 0.3) is 11.8 Å². The van der Waals surface area contributed by atoms with Crippen LogP contribution in [0.1, 0.15) is 119 Å². The number of anilines is 1. The second-order valence-corrected chi connectivity index (χ2v) is 24.5. The number of ether oxygens (including phenoxy) is 2. The fourth-order valence-electron chi connectivity index (χ4n) is 10.4. The standard InChI is InChI=1S/C54H66N8O9S2/c1-32(2)42-31-72-48(57-42)41-28-45(39-18-19-44(70-5)33(3)46(39)56-41)71-38-27-43-47(63)58-54(52(67)59-73(68,69)53(4)20-21-53)29-36(54)13-9-7-6-8-10-15-40(51(66)62(43)30-38)55-37-14-11-12-35(26-37)50(65)61-24-22-60(23-25-61)49(64)34-16-17-34/h9,11-14,18-19,26,28,31-32,34,36,38,40,43,55H,6-8,10,15-17,20-25,27,29-30H2,1-5H3,(H,58,63)(H,59,67)/t36-,38-,40+,43+,54-/m1/s1. The molecular weight excluding hydrogens is 969 g/mol. The Kier molecular flexibility index (Phi) is 13.8. The molecule has 0 spiro atoms. The maximum atomic E-state index is 15.4. The van der Waals surface area contributed by atoms with Crippen molar-refractivity contribution in [2.75, 3.05) is 45.2 Å². The SMILES string of the molecule is COc1ccc2c(O[C@@H]3C[C@H]4C(=O)N[C@]5(C(=O)NS(=O)(=O)C6(C)CC6)C[C@H]5C=CCCCCC[C@H](Nc5cccc(C(=O)N6CCN(C(=O)C7CC7)CC6)c5)C(=O)N4C3)cc(-c3nc(C(C)C)cs3)nc2c1C. The lowest BCUT2D eigenvalue weighted by Gasteiger charge is -2.35. The van der Waals surface area contributed by atoms with Gasteiger partial charge in [-0.25, -0.2) is 18.4 Å². The summed E-state index contributed by atoms with van der Waals surface area (Å²) < 4.78 is 40.8. The molecule has 5 heterocycles. The van der Waals surface area contributed by atoms with E-state index in [0.717, 1.165) is 36.9 Å². The van der Waals surface area contributed by atoms with Crippen LogP contribution < -0.4 is 24.8 Å². The Hall–Kier alpha value is -6.08. The highest BCUT2D eigenvalue weighted by Crippen LogP contribution is 2.48. The van der Waals surface area contributed by atoms with Crippen LogP contribution in [0.2, 0.25) is 0 Å². The summed E-state index contributed by atoms with van der Waals surface area (Å²) in [6.45, 7) is 9.56. The van der Waals surface area contributed by atoms with E-state index in [1.807, 2.05) is 53.6 Å². The minimum atomic E-state index is -4.03. The number of fused-ring (bicyclic) bond motifs is 3. The normalized spacial score (nSPS) is 25.3. The molecule has 0 unspecified atom stereocenters. The van der Waals surface area contributed by atoms with Crippen LogP contribution in [-0.2, 0) is 29.2 Å². The van der Waals surface area contributed by atoms with Gasteiger partial charge in [-0.2, -0.15) is 0 Å². The lowest BCUT2D eigenvalue weighted by molar-refractivity contribution is -0.140. The molecule has 5 fully saturated rings. The molecule has 6 aliphatic rings. The summed E-state index contributed by atoms with van der Waals surface area (Å²) in [5, 5.41) is 9.90. The molecule has 5 atom stereocenters. The molecular formula is C54H66N8O9S2. The molecule has 0 radical (unpaired) electrons. The molecule has 2 aromatic heterocycles. The zero-order valence-electron chi connectivity index (χ0n) is 42.3. The number of sulfonamides is 1. The topological polar surface area (TPSA) is 210 Å². The van der Waals surface area contributed by atoms with E-state index in [9.17, 15) is 22.8 Å². The Morgan fingerprint density at radius 3 is 2.42 bits per heavy atom. The number of hydrogen-bond donors (Lipinski definition) is 3. The van der Waals surface area contributed by atoms with E-state index in [2.05, 4.69) is 29.2 Å². The number of nitrogens with zero attached hydrogens (tertiary/aromatic N) is 5. The van der Waals surface area contributed by atoms with E-state index in [4.69, 9.17) is 19.4 Å². The average molecular weight is 1040 g/mol. The molecule has 3 saturated carbocycles. The highest BCUT2D eigenvalue weighted by atomic mass is 32.2. The number of pyridine rings is 1. The number of carbonyl (C=O) groups is 5. The van der Waals surface area contributed by atoms with Gasteiger partial charge < -0.3 is 34.8 Å². The van der Waals surface area contributed by atoms with Crippen molar-refractivity contribution in [2.45, 2.75) is 133 Å². The second kappa shape index (κ2) is 20.0. The third kappa shape index (κ3) is 10.3. The Balaban J connectivity index is 0.961. The first-order valence-electron chi connectivity index (χ1n) is 25.9. The van der Waals surface area contributed by atoms with Crippen LogP contribution in [0.3, 0.4) is 0 Å². The number of rotatable bonds is 12. The predicted octanol–water partition coefficient (Wildman–Crippen LogP) is 6.72. The molecule has 3 N–H and O–H groups in total. The molecule has 2 saturated heterocycles. The van der Waals surface area contributed by atoms with Gasteiger partial charge in [-0.1, -0.05) is 44.9 Å². The van der Waals surface area contributed by atoms with Gasteiger partial charge in [-0.3, -0.25) is 28.7 Å². The largest absolute Gasteiger partial charge is 0.496 e. The number of allylic oxidation sites excluding steroid dienone is 1. The number of nitrogens with one attached hydrogen (secondary N) is 3. The number of hydrogen-bond acceptors (Lipinski definition) is 13. The third-order valence-corrected chi connectivity index (χ3v) is 18.8. The first-order valence-corrected chi connectivity index (χ1v) is 28.2. The molecule has 10 rings (SSSR count). The molecule has 17 nitrogen and oxygen atoms in total. The van der Waals surface area contributed by atoms with Crippen molar-refractivity contribution in [3.63, 3.8) is 0 Å². The van der Waals surface area contributed by atoms with Crippen molar-refractivity contribution in [3.8, 4) is 22.2 Å². The third-order valence-electron chi connectivity index (χ3n) is 15.7. The number of benzene rings is 2. The van der Waals surface area contributed by atoms with Crippen molar-refractivity contribution >= 4 is 67.5 Å². The van der Waals surface area contributed by atoms with E-state index < -0.39 is 56.2 Å². The van der Waals surface area contributed by atoms with E-state index in [-0.39, 0.29) is 48.9 Å². The number of thiazole rings is 1. The summed E-state index contributed by atoms with van der Waals surface area (Å²) in [6, 6.07) is 10.8. The predicted molar refractivity (Wildman–Crippen MR) is 278 cm³/mol. The average Bonchev–Trinajstić information content (AvgIpc) is 4.35. The van der Waals surface area contributed by atoms with E-state index in [1.54, 1.807) is 37.1 Å². The molecule has 4 aromatic rings. The van der Waals surface area contributed by atoms with Crippen LogP contribution in [0.15, 0.2) is 60.0 Å². The van der Waals surface area contributed by atoms with Crippen molar-refractivity contribution in [2.24, 2.45) is 11.8 Å². The molecule has 73 heavy (non-hydrogen) atoms. The van der Waals surface area contributed by atoms with Crippen molar-refractivity contribution < 1.29 is 41.9 Å². The summed E-state index contributed by atoms with van der Waals surface area (Å²) in [4.78, 5) is 86.4. The van der Waals surface area contributed by atoms with Crippen molar-refractivity contribution in [1.29, 1.82) is 0 Å². The summed E-state index contributed by atoms with van der Waals surface area (Å²) in [5.74, 6) is -0.715. The van der Waals surface area contributed by atoms with Crippen molar-refractivity contribution in [3.05, 3.63) is 76.8 Å². The van der Waals surface area contributed by atoms with Gasteiger partial charge in [0, 0.05) is 78.1 Å². The summed E-state index contributed by atoms with van der Waals surface area (Å²) in [5.41, 5.74) is 2.47. The number of amides is 5. The van der Waals surface area contributed by atoms with Gasteiger partial charge in [-0.05, 0) is 101 Å². The molecule has 0 bridgehead atoms. The van der Waals surface area contributed by atoms with Crippen LogP contribution in [0.5, 0.6) is 11.5 Å². The van der Waals surface area contributed by atoms with E-state index in [0.29, 0.717) is 103 Å². The van der Waals surface area contributed by atoms with Crippen LogP contribution >= 0.6 is 11.3 Å². The van der Waals surface area contributed by atoms with Gasteiger partial charge >= 0.3 is 0 Å². The van der Waals surface area contributed by atoms with Crippen molar-refractivity contribution in [1.82, 2.24) is 34.7 Å². The smallest absolute Gasteiger partial charge is 0.259 e. The highest BCUT2D eigenvalue weighted by Gasteiger charge is 2.63. The Morgan fingerprint density at radius 2 is 1.71 bits per heavy atom. The second-order valence-electron chi connectivity index (χ2n) is 21.4. The maximum Gasteiger partial charge on any atom is 0.259 e. The molecule has 3 aliphatic heterocycles. The van der Waals surface area contributed by atoms with Gasteiger partial charge in [0.15, 0.2) is 0 Å². The fraction of sp³-hybridized carbons (Fsp3) is 0.537. The van der Waals surface area contributed by atoms with E-state index >= 15 is 9.59 Å². The van der Waals surface area contributed by atoms with Gasteiger partial charge in [0.05, 0.1) is 29.6 Å². The number of piperazine rings is 1. The van der Waals surface area contributed by atoms with Crippen LogP contribution in [0.4, 0.5) is 5.69 Å². The van der Waals surface area contributed by atoms with Crippen LogP contribution in [-0.4, -0.2) is 131 Å². The number of aromatic nitrogens is 2. The Labute approximate surface area is 430 Å². The maximum absolute atomic E-state index is 15.4. The van der Waals surface area contributed by atoms with Crippen LogP contribution in [0.25, 0.3) is 21.6 Å². The minimum absolute atomic E-state index is 0.0150. The lowest BCUT2D eigenvalue weighted by atomic mass is 10.0. The summed E-state index contributed by atoms with van der Waals surface area (Å²) in [6.07, 6.45) is 9.56. The van der Waals surface area contributed by atoms with E-state index in [1.165, 1.54) is 16.2 Å². The van der Waals surface area contributed by atoms with Gasteiger partial charge in [0.1, 0.15) is 45.9 Å². The van der Waals surface area contributed by atoms with Gasteiger partial charge in [-0.15, -0.1) is 11.3 Å². The molecule has 388 valence electrons. The zero-order chi connectivity index (χ0) is 51.4.